The van der Waals surface area contributed by atoms with Crippen molar-refractivity contribution in [2.75, 3.05) is 0 Å². The van der Waals surface area contributed by atoms with Crippen LogP contribution in [0.1, 0.15) is 159 Å². The summed E-state index contributed by atoms with van der Waals surface area (Å²) in [5.74, 6) is 3.60. The zero-order chi connectivity index (χ0) is 32.3. The van der Waals surface area contributed by atoms with E-state index in [1.165, 1.54) is 172 Å². The fourth-order valence-electron chi connectivity index (χ4n) is 6.65. The Balaban J connectivity index is 1.69. The van der Waals surface area contributed by atoms with Crippen LogP contribution in [0.3, 0.4) is 0 Å². The van der Waals surface area contributed by atoms with Crippen LogP contribution in [0.5, 0.6) is 0 Å². The summed E-state index contributed by atoms with van der Waals surface area (Å²) in [4.78, 5) is 0. The maximum Gasteiger partial charge on any atom is 0.129 e. The molecule has 0 aliphatic rings. The van der Waals surface area contributed by atoms with Gasteiger partial charge in [-0.2, -0.15) is 0 Å². The van der Waals surface area contributed by atoms with Gasteiger partial charge in [-0.05, 0) is 105 Å². The molecule has 0 heterocycles. The Bertz CT molecular complexity index is 1340. The highest BCUT2D eigenvalue weighted by molar-refractivity contribution is 14.1. The van der Waals surface area contributed by atoms with Crippen LogP contribution in [0.4, 0.5) is 0 Å². The molecule has 0 saturated carbocycles. The molecule has 0 amide bonds. The van der Waals surface area contributed by atoms with Crippen LogP contribution in [-0.2, 0) is 12.8 Å². The van der Waals surface area contributed by atoms with Crippen molar-refractivity contribution < 1.29 is 0 Å². The molecule has 0 bridgehead atoms. The van der Waals surface area contributed by atoms with Crippen LogP contribution in [0.25, 0.3) is 21.5 Å². The molecule has 0 N–H and O–H groups in total. The molecule has 0 saturated heterocycles. The summed E-state index contributed by atoms with van der Waals surface area (Å²) < 4.78 is 1.28. The molecule has 0 fully saturated rings. The average molecular weight is 737 g/mol. The molecule has 3 aromatic rings. The topological polar surface area (TPSA) is 0 Å². The van der Waals surface area contributed by atoms with E-state index in [0.29, 0.717) is 0 Å². The summed E-state index contributed by atoms with van der Waals surface area (Å²) in [6.45, 7) is 11.6. The van der Waals surface area contributed by atoms with Gasteiger partial charge in [-0.3, -0.25) is 0 Å². The molecule has 2 heteroatoms. The maximum atomic E-state index is 3.63. The second-order valence-electron chi connectivity index (χ2n) is 14.9. The van der Waals surface area contributed by atoms with Crippen LogP contribution in [0.2, 0.25) is 19.6 Å². The van der Waals surface area contributed by atoms with E-state index in [9.17, 15) is 0 Å². The summed E-state index contributed by atoms with van der Waals surface area (Å²) >= 11 is 2.47. The smallest absolute Gasteiger partial charge is 0.127 e. The molecule has 3 rings (SSSR count). The second-order valence-corrected chi connectivity index (χ2v) is 20.9. The van der Waals surface area contributed by atoms with E-state index in [1.54, 1.807) is 11.1 Å². The van der Waals surface area contributed by atoms with Gasteiger partial charge in [0.25, 0.3) is 0 Å². The molecule has 0 atom stereocenters. The third-order valence-electron chi connectivity index (χ3n) is 9.36. The first-order valence-electron chi connectivity index (χ1n) is 19.0. The zero-order valence-corrected chi connectivity index (χ0v) is 33.1. The molecule has 0 aliphatic heterocycles. The SMILES string of the molecule is CCCCCCCCCCCCc1cc2cc3cc(I)cc(C#C[Si](C)(C)C)c3cc2cc1CCCCCCCCCCCC. The minimum atomic E-state index is -1.44. The predicted molar refractivity (Wildman–Crippen MR) is 215 cm³/mol. The van der Waals surface area contributed by atoms with Gasteiger partial charge < -0.3 is 0 Å². The number of benzene rings is 3. The predicted octanol–water partition coefficient (Wildman–Crippen LogP) is 14.8. The van der Waals surface area contributed by atoms with Crippen molar-refractivity contribution >= 4 is 52.2 Å². The molecule has 248 valence electrons. The quantitative estimate of drug-likeness (QED) is 0.0317. The molecule has 0 unspecified atom stereocenters. The summed E-state index contributed by atoms with van der Waals surface area (Å²) in [5.41, 5.74) is 8.05. The Hall–Kier alpha value is -1.31. The average Bonchev–Trinajstić information content (AvgIpc) is 3.00. The van der Waals surface area contributed by atoms with E-state index in [1.807, 2.05) is 0 Å². The molecule has 3 aromatic carbocycles. The monoisotopic (exact) mass is 736 g/mol. The Morgan fingerprint density at radius 1 is 0.489 bits per heavy atom. The summed E-state index contributed by atoms with van der Waals surface area (Å²) in [6, 6.07) is 14.6. The fourth-order valence-corrected chi connectivity index (χ4v) is 7.81. The molecular weight excluding hydrogens is 671 g/mol. The van der Waals surface area contributed by atoms with E-state index < -0.39 is 8.07 Å². The van der Waals surface area contributed by atoms with Crippen molar-refractivity contribution in [1.29, 1.82) is 0 Å². The largest absolute Gasteiger partial charge is 0.129 e. The normalized spacial score (nSPS) is 11.8. The molecular formula is C43H65ISi. The maximum absolute atomic E-state index is 3.63. The summed E-state index contributed by atoms with van der Waals surface area (Å²) in [7, 11) is -1.44. The van der Waals surface area contributed by atoms with Crippen LogP contribution in [-0.4, -0.2) is 8.07 Å². The van der Waals surface area contributed by atoms with Crippen LogP contribution in [0, 0.1) is 15.0 Å². The van der Waals surface area contributed by atoms with E-state index >= 15 is 0 Å². The lowest BCUT2D eigenvalue weighted by Gasteiger charge is -2.14. The highest BCUT2D eigenvalue weighted by atomic mass is 127. The number of hydrogen-bond acceptors (Lipinski definition) is 0. The van der Waals surface area contributed by atoms with Gasteiger partial charge in [0.15, 0.2) is 0 Å². The summed E-state index contributed by atoms with van der Waals surface area (Å²) in [5, 5.41) is 5.46. The molecule has 0 radical (unpaired) electrons. The number of unbranched alkanes of at least 4 members (excludes halogenated alkanes) is 18. The summed E-state index contributed by atoms with van der Waals surface area (Å²) in [6.07, 6.45) is 30.5. The van der Waals surface area contributed by atoms with Gasteiger partial charge in [-0.25, -0.2) is 0 Å². The molecule has 45 heavy (non-hydrogen) atoms. The molecule has 0 aromatic heterocycles. The van der Waals surface area contributed by atoms with Gasteiger partial charge >= 0.3 is 0 Å². The van der Waals surface area contributed by atoms with Crippen LogP contribution < -0.4 is 0 Å². The lowest BCUT2D eigenvalue weighted by Crippen LogP contribution is -2.16. The first kappa shape index (κ1) is 38.1. The number of hydrogen-bond donors (Lipinski definition) is 0. The standard InChI is InChI=1S/C43H65ISi/c1-6-8-10-12-14-16-18-20-22-24-26-36-30-39-32-41-34-42(44)33-38(28-29-45(3,4)5)43(41)35-40(39)31-37(36)27-25-23-21-19-17-15-13-11-9-7-2/h30-35H,6-27H2,1-5H3. The van der Waals surface area contributed by atoms with Crippen molar-refractivity contribution in [3.05, 3.63) is 56.7 Å². The van der Waals surface area contributed by atoms with E-state index in [2.05, 4.69) is 104 Å². The number of aryl methyl sites for hydroxylation is 2. The van der Waals surface area contributed by atoms with Crippen molar-refractivity contribution in [3.8, 4) is 11.5 Å². The highest BCUT2D eigenvalue weighted by Gasteiger charge is 2.11. The number of fused-ring (bicyclic) bond motifs is 2. The van der Waals surface area contributed by atoms with Gasteiger partial charge in [0, 0.05) is 9.13 Å². The minimum Gasteiger partial charge on any atom is -0.127 e. The Morgan fingerprint density at radius 2 is 0.911 bits per heavy atom. The van der Waals surface area contributed by atoms with E-state index in [0.717, 1.165) is 0 Å². The van der Waals surface area contributed by atoms with Gasteiger partial charge in [-0.1, -0.05) is 167 Å². The van der Waals surface area contributed by atoms with Crippen molar-refractivity contribution in [2.24, 2.45) is 0 Å². The van der Waals surface area contributed by atoms with Crippen molar-refractivity contribution in [2.45, 2.75) is 175 Å². The van der Waals surface area contributed by atoms with E-state index in [-0.39, 0.29) is 0 Å². The number of halogens is 1. The molecule has 0 nitrogen and oxygen atoms in total. The lowest BCUT2D eigenvalue weighted by atomic mass is 9.91. The third-order valence-corrected chi connectivity index (χ3v) is 10.9. The Kier molecular flexibility index (Phi) is 18.3. The first-order valence-corrected chi connectivity index (χ1v) is 23.6. The number of rotatable bonds is 22. The van der Waals surface area contributed by atoms with Gasteiger partial charge in [0.2, 0.25) is 0 Å². The second kappa shape index (κ2) is 21.5. The first-order chi connectivity index (χ1) is 21.8. The van der Waals surface area contributed by atoms with Gasteiger partial charge in [0.05, 0.1) is 0 Å². The van der Waals surface area contributed by atoms with Crippen molar-refractivity contribution in [1.82, 2.24) is 0 Å². The fraction of sp³-hybridized carbons (Fsp3) is 0.628. The van der Waals surface area contributed by atoms with Crippen LogP contribution >= 0.6 is 22.6 Å². The van der Waals surface area contributed by atoms with Gasteiger partial charge in [-0.15, -0.1) is 5.54 Å². The van der Waals surface area contributed by atoms with Gasteiger partial charge in [0.1, 0.15) is 8.07 Å². The Morgan fingerprint density at radius 3 is 1.36 bits per heavy atom. The zero-order valence-electron chi connectivity index (χ0n) is 29.9. The van der Waals surface area contributed by atoms with Crippen molar-refractivity contribution in [3.63, 3.8) is 0 Å². The van der Waals surface area contributed by atoms with E-state index in [4.69, 9.17) is 0 Å². The third kappa shape index (κ3) is 15.0. The molecule has 0 aliphatic carbocycles. The highest BCUT2D eigenvalue weighted by Crippen LogP contribution is 2.31. The van der Waals surface area contributed by atoms with Crippen LogP contribution in [0.15, 0.2) is 36.4 Å². The molecule has 0 spiro atoms. The minimum absolute atomic E-state index is 1.20. The Labute approximate surface area is 293 Å². The lowest BCUT2D eigenvalue weighted by molar-refractivity contribution is 0.553.